The first-order chi connectivity index (χ1) is 13.6. The normalized spacial score (nSPS) is 21.5. The van der Waals surface area contributed by atoms with Gasteiger partial charge in [-0.2, -0.15) is 0 Å². The Kier molecular flexibility index (Phi) is 5.79. The molecular weight excluding hydrogens is 392 g/mol. The minimum Gasteiger partial charge on any atom is -0.508 e. The van der Waals surface area contributed by atoms with Gasteiger partial charge >= 0.3 is 0 Å². The SMILES string of the molecule is CN1CCC(CN=C2NC(=O)/C(=C\c3csc(-c4ccc(O)cc4)n3)S2)CC1. The van der Waals surface area contributed by atoms with Gasteiger partial charge in [0, 0.05) is 17.5 Å². The Morgan fingerprint density at radius 3 is 2.82 bits per heavy atom. The van der Waals surface area contributed by atoms with Crippen LogP contribution < -0.4 is 5.32 Å². The summed E-state index contributed by atoms with van der Waals surface area (Å²) in [5.41, 5.74) is 1.69. The molecule has 2 aromatic rings. The molecule has 0 radical (unpaired) electrons. The lowest BCUT2D eigenvalue weighted by Gasteiger charge is -2.27. The van der Waals surface area contributed by atoms with Crippen LogP contribution >= 0.6 is 23.1 Å². The number of amidine groups is 1. The lowest BCUT2D eigenvalue weighted by atomic mass is 9.97. The Hall–Kier alpha value is -2.16. The quantitative estimate of drug-likeness (QED) is 0.750. The number of carbonyl (C=O) groups is 1. The summed E-state index contributed by atoms with van der Waals surface area (Å²) in [5, 5.41) is 15.7. The largest absolute Gasteiger partial charge is 0.508 e. The summed E-state index contributed by atoms with van der Waals surface area (Å²) in [7, 11) is 2.15. The van der Waals surface area contributed by atoms with E-state index in [1.165, 1.54) is 23.1 Å². The van der Waals surface area contributed by atoms with Gasteiger partial charge in [-0.1, -0.05) is 0 Å². The Morgan fingerprint density at radius 2 is 2.07 bits per heavy atom. The Morgan fingerprint density at radius 1 is 1.32 bits per heavy atom. The molecule has 8 heteroatoms. The Balaban J connectivity index is 1.40. The molecule has 0 saturated carbocycles. The maximum Gasteiger partial charge on any atom is 0.264 e. The third kappa shape index (κ3) is 4.63. The second-order valence-corrected chi connectivity index (χ2v) is 8.97. The fraction of sp³-hybridized carbons (Fsp3) is 0.350. The average Bonchev–Trinajstić information content (AvgIpc) is 3.29. The van der Waals surface area contributed by atoms with Crippen LogP contribution in [0.15, 0.2) is 39.5 Å². The minimum absolute atomic E-state index is 0.119. The Labute approximate surface area is 172 Å². The molecule has 6 nitrogen and oxygen atoms in total. The molecule has 3 heterocycles. The minimum atomic E-state index is -0.119. The highest BCUT2D eigenvalue weighted by Crippen LogP contribution is 2.30. The van der Waals surface area contributed by atoms with E-state index in [1.54, 1.807) is 18.2 Å². The molecule has 2 N–H and O–H groups in total. The number of phenols is 1. The standard InChI is InChI=1S/C20H22N4O2S2/c1-24-8-6-13(7-9-24)11-21-20-23-18(26)17(28-20)10-15-12-27-19(22-15)14-2-4-16(25)5-3-14/h2-5,10,12-13,25H,6-9,11H2,1H3,(H,21,23,26)/b17-10+. The number of hydrogen-bond acceptors (Lipinski definition) is 7. The van der Waals surface area contributed by atoms with Gasteiger partial charge in [0.1, 0.15) is 10.8 Å². The summed E-state index contributed by atoms with van der Waals surface area (Å²) in [6.45, 7) is 3.01. The molecule has 146 valence electrons. The van der Waals surface area contributed by atoms with Gasteiger partial charge in [0.2, 0.25) is 0 Å². The zero-order valence-corrected chi connectivity index (χ0v) is 17.2. The number of nitrogens with one attached hydrogen (secondary N) is 1. The van der Waals surface area contributed by atoms with Gasteiger partial charge in [0.25, 0.3) is 5.91 Å². The maximum absolute atomic E-state index is 12.3. The van der Waals surface area contributed by atoms with Crippen molar-refractivity contribution in [2.24, 2.45) is 10.9 Å². The van der Waals surface area contributed by atoms with E-state index in [4.69, 9.17) is 0 Å². The monoisotopic (exact) mass is 414 g/mol. The summed E-state index contributed by atoms with van der Waals surface area (Å²) in [6.07, 6.45) is 4.12. The number of thioether (sulfide) groups is 1. The number of benzene rings is 1. The number of likely N-dealkylation sites (tertiary alicyclic amines) is 1. The number of aromatic hydroxyl groups is 1. The van der Waals surface area contributed by atoms with Gasteiger partial charge in [0.05, 0.1) is 10.6 Å². The number of rotatable bonds is 4. The predicted octanol–water partition coefficient (Wildman–Crippen LogP) is 3.42. The summed E-state index contributed by atoms with van der Waals surface area (Å²) in [6, 6.07) is 6.94. The molecule has 2 saturated heterocycles. The van der Waals surface area contributed by atoms with Gasteiger partial charge in [-0.15, -0.1) is 11.3 Å². The predicted molar refractivity (Wildman–Crippen MR) is 115 cm³/mol. The van der Waals surface area contributed by atoms with E-state index in [1.807, 2.05) is 17.5 Å². The number of phenolic OH excluding ortho intramolecular Hbond substituents is 1. The molecular formula is C20H22N4O2S2. The van der Waals surface area contributed by atoms with E-state index in [9.17, 15) is 9.90 Å². The van der Waals surface area contributed by atoms with Crippen molar-refractivity contribution in [2.45, 2.75) is 12.8 Å². The van der Waals surface area contributed by atoms with Crippen molar-refractivity contribution in [3.05, 3.63) is 40.2 Å². The molecule has 4 rings (SSSR count). The molecule has 1 aromatic carbocycles. The van der Waals surface area contributed by atoms with Crippen molar-refractivity contribution in [3.8, 4) is 16.3 Å². The van der Waals surface area contributed by atoms with Crippen molar-refractivity contribution in [1.82, 2.24) is 15.2 Å². The fourth-order valence-electron chi connectivity index (χ4n) is 3.18. The third-order valence-corrected chi connectivity index (χ3v) is 6.75. The van der Waals surface area contributed by atoms with Gasteiger partial charge in [-0.3, -0.25) is 9.79 Å². The van der Waals surface area contributed by atoms with E-state index in [-0.39, 0.29) is 11.7 Å². The van der Waals surface area contributed by atoms with Crippen molar-refractivity contribution >= 4 is 40.2 Å². The molecule has 2 fully saturated rings. The number of aliphatic imine (C=N–C) groups is 1. The lowest BCUT2D eigenvalue weighted by molar-refractivity contribution is -0.115. The molecule has 0 unspecified atom stereocenters. The van der Waals surface area contributed by atoms with Crippen LogP contribution in [0.4, 0.5) is 0 Å². The molecule has 0 aliphatic carbocycles. The van der Waals surface area contributed by atoms with E-state index in [0.717, 1.165) is 48.7 Å². The summed E-state index contributed by atoms with van der Waals surface area (Å²) < 4.78 is 0. The molecule has 1 amide bonds. The smallest absolute Gasteiger partial charge is 0.264 e. The van der Waals surface area contributed by atoms with Crippen molar-refractivity contribution < 1.29 is 9.90 Å². The number of carbonyl (C=O) groups excluding carboxylic acids is 1. The summed E-state index contributed by atoms with van der Waals surface area (Å²) in [4.78, 5) is 24.4. The number of nitrogens with zero attached hydrogens (tertiary/aromatic N) is 3. The molecule has 0 spiro atoms. The number of amides is 1. The molecule has 2 aliphatic rings. The van der Waals surface area contributed by atoms with Crippen LogP contribution in [0.2, 0.25) is 0 Å². The van der Waals surface area contributed by atoms with Crippen LogP contribution in [0, 0.1) is 5.92 Å². The maximum atomic E-state index is 12.3. The van der Waals surface area contributed by atoms with E-state index >= 15 is 0 Å². The highest BCUT2D eigenvalue weighted by molar-refractivity contribution is 8.18. The number of aromatic nitrogens is 1. The molecule has 1 aromatic heterocycles. The van der Waals surface area contributed by atoms with Gasteiger partial charge in [-0.25, -0.2) is 4.98 Å². The highest BCUT2D eigenvalue weighted by atomic mass is 32.2. The van der Waals surface area contributed by atoms with Crippen molar-refractivity contribution in [1.29, 1.82) is 0 Å². The second kappa shape index (κ2) is 8.46. The second-order valence-electron chi connectivity index (χ2n) is 7.08. The van der Waals surface area contributed by atoms with Crippen molar-refractivity contribution in [3.63, 3.8) is 0 Å². The van der Waals surface area contributed by atoms with E-state index in [2.05, 4.69) is 27.2 Å². The zero-order valence-electron chi connectivity index (χ0n) is 15.6. The average molecular weight is 415 g/mol. The van der Waals surface area contributed by atoms with Crippen LogP contribution in [0.3, 0.4) is 0 Å². The van der Waals surface area contributed by atoms with Crippen molar-refractivity contribution in [2.75, 3.05) is 26.7 Å². The molecule has 0 atom stereocenters. The summed E-state index contributed by atoms with van der Waals surface area (Å²) >= 11 is 2.89. The van der Waals surface area contributed by atoms with Crippen LogP contribution in [0.1, 0.15) is 18.5 Å². The number of hydrogen-bond donors (Lipinski definition) is 2. The molecule has 2 aliphatic heterocycles. The molecule has 28 heavy (non-hydrogen) atoms. The van der Waals surface area contributed by atoms with Gasteiger partial charge in [-0.05, 0) is 81.0 Å². The number of thiazole rings is 1. The van der Waals surface area contributed by atoms with Crippen LogP contribution in [-0.2, 0) is 4.79 Å². The van der Waals surface area contributed by atoms with Crippen LogP contribution in [-0.4, -0.2) is 52.7 Å². The van der Waals surface area contributed by atoms with Crippen LogP contribution in [0.25, 0.3) is 16.6 Å². The van der Waals surface area contributed by atoms with E-state index in [0.29, 0.717) is 16.0 Å². The first kappa shape index (κ1) is 19.2. The first-order valence-electron chi connectivity index (χ1n) is 9.25. The summed E-state index contributed by atoms with van der Waals surface area (Å²) in [5.74, 6) is 0.709. The topological polar surface area (TPSA) is 77.8 Å². The number of piperidine rings is 1. The van der Waals surface area contributed by atoms with Crippen LogP contribution in [0.5, 0.6) is 5.75 Å². The Bertz CT molecular complexity index is 913. The highest BCUT2D eigenvalue weighted by Gasteiger charge is 2.25. The lowest BCUT2D eigenvalue weighted by Crippen LogP contribution is -2.31. The van der Waals surface area contributed by atoms with Gasteiger partial charge in [0.15, 0.2) is 5.17 Å². The molecule has 0 bridgehead atoms. The zero-order chi connectivity index (χ0) is 19.5. The van der Waals surface area contributed by atoms with Gasteiger partial charge < -0.3 is 15.3 Å². The fourth-order valence-corrected chi connectivity index (χ4v) is 4.78. The third-order valence-electron chi connectivity index (χ3n) is 4.90. The first-order valence-corrected chi connectivity index (χ1v) is 11.0. The van der Waals surface area contributed by atoms with E-state index < -0.39 is 0 Å².